The predicted molar refractivity (Wildman–Crippen MR) is 85.9 cm³/mol. The van der Waals surface area contributed by atoms with Crippen LogP contribution in [0.1, 0.15) is 72.1 Å². The highest BCUT2D eigenvalue weighted by molar-refractivity contribution is 5.91. The summed E-state index contributed by atoms with van der Waals surface area (Å²) >= 11 is 0. The Morgan fingerprint density at radius 1 is 1.10 bits per heavy atom. The average Bonchev–Trinajstić information content (AvgIpc) is 2.74. The summed E-state index contributed by atoms with van der Waals surface area (Å²) in [4.78, 5) is 11.8. The van der Waals surface area contributed by atoms with E-state index < -0.39 is 0 Å². The van der Waals surface area contributed by atoms with Gasteiger partial charge in [0.25, 0.3) is 0 Å². The minimum absolute atomic E-state index is 0.351. The number of carbonyl (C=O) groups excluding carboxylic acids is 1. The first kappa shape index (κ1) is 14.0. The Morgan fingerprint density at radius 3 is 2.71 bits per heavy atom. The minimum atomic E-state index is 0.351. The molecule has 0 unspecified atom stereocenters. The third-order valence-electron chi connectivity index (χ3n) is 7.95. The highest BCUT2D eigenvalue weighted by Crippen LogP contribution is 2.65. The van der Waals surface area contributed by atoms with Gasteiger partial charge in [-0.05, 0) is 85.5 Å². The van der Waals surface area contributed by atoms with Crippen molar-refractivity contribution in [3.05, 3.63) is 11.6 Å². The zero-order chi connectivity index (χ0) is 14.8. The van der Waals surface area contributed by atoms with E-state index in [2.05, 4.69) is 20.8 Å². The highest BCUT2D eigenvalue weighted by atomic mass is 16.1. The van der Waals surface area contributed by atoms with E-state index >= 15 is 0 Å². The molecule has 0 spiro atoms. The summed E-state index contributed by atoms with van der Waals surface area (Å²) in [5.41, 5.74) is 2.49. The van der Waals surface area contributed by atoms with Crippen molar-refractivity contribution >= 4 is 5.78 Å². The molecule has 0 bridgehead atoms. The van der Waals surface area contributed by atoms with Crippen LogP contribution >= 0.6 is 0 Å². The van der Waals surface area contributed by atoms with Crippen LogP contribution in [0.15, 0.2) is 11.6 Å². The number of allylic oxidation sites excluding steroid dienone is 1. The normalized spacial score (nSPS) is 52.7. The summed E-state index contributed by atoms with van der Waals surface area (Å²) in [5, 5.41) is 0. The van der Waals surface area contributed by atoms with E-state index in [-0.39, 0.29) is 0 Å². The van der Waals surface area contributed by atoms with Crippen LogP contribution in [0.5, 0.6) is 0 Å². The SMILES string of the molecule is C[C@H]1C[C@H]2[C@@H]3CCC4=CC(=O)CC[C@]4(C)[C@H]3CC[C@]2(C)C1. The van der Waals surface area contributed by atoms with Gasteiger partial charge in [0.15, 0.2) is 5.78 Å². The lowest BCUT2D eigenvalue weighted by atomic mass is 9.47. The van der Waals surface area contributed by atoms with Crippen LogP contribution in [0.2, 0.25) is 0 Å². The van der Waals surface area contributed by atoms with Crippen LogP contribution in [0, 0.1) is 34.5 Å². The molecule has 4 rings (SSSR count). The maximum Gasteiger partial charge on any atom is 0.155 e. The van der Waals surface area contributed by atoms with Crippen LogP contribution < -0.4 is 0 Å². The van der Waals surface area contributed by atoms with Crippen molar-refractivity contribution in [2.24, 2.45) is 34.5 Å². The van der Waals surface area contributed by atoms with E-state index in [0.29, 0.717) is 16.6 Å². The second kappa shape index (κ2) is 4.46. The van der Waals surface area contributed by atoms with Crippen molar-refractivity contribution in [3.8, 4) is 0 Å². The number of carbonyl (C=O) groups is 1. The predicted octanol–water partition coefficient (Wildman–Crippen LogP) is 5.15. The molecule has 3 saturated carbocycles. The Balaban J connectivity index is 1.68. The van der Waals surface area contributed by atoms with E-state index in [1.54, 1.807) is 0 Å². The molecule has 6 atom stereocenters. The van der Waals surface area contributed by atoms with Crippen LogP contribution in [0.3, 0.4) is 0 Å². The molecule has 0 N–H and O–H groups in total. The van der Waals surface area contributed by atoms with Crippen molar-refractivity contribution in [3.63, 3.8) is 0 Å². The molecule has 1 heteroatoms. The van der Waals surface area contributed by atoms with E-state index in [1.807, 2.05) is 6.08 Å². The van der Waals surface area contributed by atoms with Gasteiger partial charge >= 0.3 is 0 Å². The number of ketones is 1. The molecule has 116 valence electrons. The molecule has 0 amide bonds. The second-order valence-electron chi connectivity index (χ2n) is 9.21. The number of rotatable bonds is 0. The molecule has 21 heavy (non-hydrogen) atoms. The molecule has 4 aliphatic rings. The quantitative estimate of drug-likeness (QED) is 0.601. The Hall–Kier alpha value is -0.590. The average molecular weight is 286 g/mol. The maximum absolute atomic E-state index is 11.8. The molecule has 0 radical (unpaired) electrons. The molecular formula is C20H30O. The zero-order valence-electron chi connectivity index (χ0n) is 14.0. The Labute approximate surface area is 129 Å². The van der Waals surface area contributed by atoms with Gasteiger partial charge in [0.2, 0.25) is 0 Å². The van der Waals surface area contributed by atoms with Gasteiger partial charge in [0.1, 0.15) is 0 Å². The third-order valence-corrected chi connectivity index (χ3v) is 7.95. The fourth-order valence-corrected chi connectivity index (χ4v) is 6.98. The molecule has 0 aromatic carbocycles. The van der Waals surface area contributed by atoms with Gasteiger partial charge in [-0.1, -0.05) is 26.3 Å². The summed E-state index contributed by atoms with van der Waals surface area (Å²) in [6, 6.07) is 0. The van der Waals surface area contributed by atoms with E-state index in [0.717, 1.165) is 36.5 Å². The van der Waals surface area contributed by atoms with Crippen molar-refractivity contribution in [1.82, 2.24) is 0 Å². The van der Waals surface area contributed by atoms with Gasteiger partial charge in [-0.25, -0.2) is 0 Å². The van der Waals surface area contributed by atoms with Crippen molar-refractivity contribution in [2.75, 3.05) is 0 Å². The van der Waals surface area contributed by atoms with Crippen molar-refractivity contribution in [1.29, 1.82) is 0 Å². The first-order chi connectivity index (χ1) is 9.92. The molecule has 0 aromatic heterocycles. The summed E-state index contributed by atoms with van der Waals surface area (Å²) in [5.74, 6) is 4.06. The van der Waals surface area contributed by atoms with Gasteiger partial charge in [-0.15, -0.1) is 0 Å². The first-order valence-electron chi connectivity index (χ1n) is 9.16. The molecule has 0 aliphatic heterocycles. The summed E-state index contributed by atoms with van der Waals surface area (Å²) in [6.45, 7) is 7.53. The smallest absolute Gasteiger partial charge is 0.155 e. The molecule has 0 heterocycles. The van der Waals surface area contributed by atoms with Crippen molar-refractivity contribution < 1.29 is 4.79 Å². The first-order valence-corrected chi connectivity index (χ1v) is 9.16. The lowest BCUT2D eigenvalue weighted by Crippen LogP contribution is -2.49. The fourth-order valence-electron chi connectivity index (χ4n) is 6.98. The van der Waals surface area contributed by atoms with Gasteiger partial charge in [-0.2, -0.15) is 0 Å². The minimum Gasteiger partial charge on any atom is -0.295 e. The van der Waals surface area contributed by atoms with Crippen LogP contribution in [-0.2, 0) is 4.79 Å². The molecule has 0 aromatic rings. The number of hydrogen-bond acceptors (Lipinski definition) is 1. The van der Waals surface area contributed by atoms with E-state index in [4.69, 9.17) is 0 Å². The van der Waals surface area contributed by atoms with E-state index in [9.17, 15) is 4.79 Å². The summed E-state index contributed by atoms with van der Waals surface area (Å²) in [7, 11) is 0. The Bertz CT molecular complexity index is 504. The highest BCUT2D eigenvalue weighted by Gasteiger charge is 2.57. The van der Waals surface area contributed by atoms with E-state index in [1.165, 1.54) is 44.1 Å². The van der Waals surface area contributed by atoms with Gasteiger partial charge in [-0.3, -0.25) is 4.79 Å². The summed E-state index contributed by atoms with van der Waals surface area (Å²) < 4.78 is 0. The number of hydrogen-bond donors (Lipinski definition) is 0. The standard InChI is InChI=1S/C20H30O/c1-13-10-18-16-5-4-14-11-15(21)6-9-20(14,3)17(16)7-8-19(18,2)12-13/h11,13,16-18H,4-10,12H2,1-3H3/t13-,16+,17-,18-,19+,20-/m0/s1. The van der Waals surface area contributed by atoms with Gasteiger partial charge < -0.3 is 0 Å². The fraction of sp³-hybridized carbons (Fsp3) is 0.850. The lowest BCUT2D eigenvalue weighted by Gasteiger charge is -2.57. The largest absolute Gasteiger partial charge is 0.295 e. The lowest BCUT2D eigenvalue weighted by molar-refractivity contribution is -0.117. The monoisotopic (exact) mass is 286 g/mol. The van der Waals surface area contributed by atoms with Crippen molar-refractivity contribution in [2.45, 2.75) is 72.1 Å². The second-order valence-corrected chi connectivity index (χ2v) is 9.21. The number of fused-ring (bicyclic) bond motifs is 5. The van der Waals surface area contributed by atoms with Gasteiger partial charge in [0.05, 0.1) is 0 Å². The van der Waals surface area contributed by atoms with Crippen LogP contribution in [0.25, 0.3) is 0 Å². The summed E-state index contributed by atoms with van der Waals surface area (Å²) in [6.07, 6.45) is 12.3. The third kappa shape index (κ3) is 1.92. The maximum atomic E-state index is 11.8. The molecule has 4 aliphatic carbocycles. The van der Waals surface area contributed by atoms with Crippen LogP contribution in [-0.4, -0.2) is 5.78 Å². The molecule has 3 fully saturated rings. The molecule has 1 nitrogen and oxygen atoms in total. The zero-order valence-corrected chi connectivity index (χ0v) is 14.0. The molecule has 0 saturated heterocycles. The Morgan fingerprint density at radius 2 is 1.90 bits per heavy atom. The topological polar surface area (TPSA) is 17.1 Å². The Kier molecular flexibility index (Phi) is 2.98. The van der Waals surface area contributed by atoms with Gasteiger partial charge in [0, 0.05) is 6.42 Å². The van der Waals surface area contributed by atoms with Crippen LogP contribution in [0.4, 0.5) is 0 Å². The molecular weight excluding hydrogens is 256 g/mol.